The molecule has 0 saturated heterocycles. The molecular formula is C18H22N4O2. The summed E-state index contributed by atoms with van der Waals surface area (Å²) < 4.78 is 0. The van der Waals surface area contributed by atoms with Crippen LogP contribution in [0.15, 0.2) is 34.5 Å². The summed E-state index contributed by atoms with van der Waals surface area (Å²) in [6.07, 6.45) is 17.0. The second-order valence-electron chi connectivity index (χ2n) is 7.33. The molecule has 0 aromatic carbocycles. The Hall–Kier alpha value is -2.24. The number of hydrogen-bond acceptors (Lipinski definition) is 4. The van der Waals surface area contributed by atoms with Crippen molar-refractivity contribution in [1.82, 2.24) is 10.9 Å². The maximum Gasteiger partial charge on any atom is 0.331 e. The van der Waals surface area contributed by atoms with Crippen molar-refractivity contribution in [2.45, 2.75) is 25.7 Å². The molecule has 0 aliphatic heterocycles. The highest BCUT2D eigenvalue weighted by Gasteiger charge is 2.35. The zero-order valence-corrected chi connectivity index (χ0v) is 13.5. The van der Waals surface area contributed by atoms with Gasteiger partial charge in [0.2, 0.25) is 0 Å². The summed E-state index contributed by atoms with van der Waals surface area (Å²) >= 11 is 0. The van der Waals surface area contributed by atoms with Crippen molar-refractivity contribution in [1.29, 1.82) is 0 Å². The highest BCUT2D eigenvalue weighted by Crippen LogP contribution is 2.43. The molecule has 2 saturated carbocycles. The van der Waals surface area contributed by atoms with Crippen LogP contribution in [0.1, 0.15) is 25.7 Å². The molecule has 0 heterocycles. The summed E-state index contributed by atoms with van der Waals surface area (Å²) in [6.45, 7) is 0. The van der Waals surface area contributed by atoms with Crippen LogP contribution in [0, 0.1) is 35.5 Å². The molecule has 24 heavy (non-hydrogen) atoms. The Morgan fingerprint density at radius 1 is 0.750 bits per heavy atom. The zero-order chi connectivity index (χ0) is 16.5. The maximum atomic E-state index is 11.7. The van der Waals surface area contributed by atoms with E-state index in [0.29, 0.717) is 35.5 Å². The number of hydrogen-bond donors (Lipinski definition) is 2. The van der Waals surface area contributed by atoms with Gasteiger partial charge in [-0.1, -0.05) is 24.3 Å². The van der Waals surface area contributed by atoms with Gasteiger partial charge in [-0.3, -0.25) is 9.59 Å². The van der Waals surface area contributed by atoms with Gasteiger partial charge in [0.25, 0.3) is 0 Å². The SMILES string of the molecule is O=C(N/N=C\[C@H]1C[C@@H]2C=C[C@@H]1C2)C(=O)N/N=C\[C@H]1C[C@@H]2C=C[C@H]1C2. The molecule has 0 unspecified atom stereocenters. The summed E-state index contributed by atoms with van der Waals surface area (Å²) in [7, 11) is 0. The van der Waals surface area contributed by atoms with Crippen LogP contribution >= 0.6 is 0 Å². The van der Waals surface area contributed by atoms with Gasteiger partial charge >= 0.3 is 11.8 Å². The van der Waals surface area contributed by atoms with Gasteiger partial charge in [-0.05, 0) is 49.4 Å². The molecule has 126 valence electrons. The van der Waals surface area contributed by atoms with Gasteiger partial charge in [0.15, 0.2) is 0 Å². The fraction of sp³-hybridized carbons (Fsp3) is 0.556. The average molecular weight is 326 g/mol. The molecule has 4 rings (SSSR count). The van der Waals surface area contributed by atoms with Crippen LogP contribution in [0.25, 0.3) is 0 Å². The molecule has 4 aliphatic rings. The molecule has 4 bridgehead atoms. The Morgan fingerprint density at radius 2 is 1.21 bits per heavy atom. The lowest BCUT2D eigenvalue weighted by Gasteiger charge is -2.12. The number of amides is 2. The Bertz CT molecular complexity index is 595. The van der Waals surface area contributed by atoms with Crippen LogP contribution in [0.2, 0.25) is 0 Å². The third-order valence-electron chi connectivity index (χ3n) is 5.73. The van der Waals surface area contributed by atoms with E-state index in [1.807, 2.05) is 0 Å². The predicted molar refractivity (Wildman–Crippen MR) is 91.0 cm³/mol. The van der Waals surface area contributed by atoms with Crippen molar-refractivity contribution >= 4 is 24.2 Å². The monoisotopic (exact) mass is 326 g/mol. The summed E-state index contributed by atoms with van der Waals surface area (Å²) in [5, 5.41) is 7.86. The third-order valence-corrected chi connectivity index (χ3v) is 5.73. The first kappa shape index (κ1) is 15.3. The lowest BCUT2D eigenvalue weighted by atomic mass is 9.95. The lowest BCUT2D eigenvalue weighted by Crippen LogP contribution is -2.35. The summed E-state index contributed by atoms with van der Waals surface area (Å²) in [5.74, 6) is 1.54. The molecule has 0 aromatic heterocycles. The van der Waals surface area contributed by atoms with E-state index in [0.717, 1.165) is 12.8 Å². The molecule has 6 nitrogen and oxygen atoms in total. The zero-order valence-electron chi connectivity index (χ0n) is 13.5. The Morgan fingerprint density at radius 3 is 1.54 bits per heavy atom. The van der Waals surface area contributed by atoms with Crippen LogP contribution in [-0.2, 0) is 9.59 Å². The number of nitrogens with one attached hydrogen (secondary N) is 2. The number of carbonyl (C=O) groups excluding carboxylic acids is 2. The number of nitrogens with zero attached hydrogens (tertiary/aromatic N) is 2. The Balaban J connectivity index is 1.19. The van der Waals surface area contributed by atoms with E-state index in [1.54, 1.807) is 12.4 Å². The van der Waals surface area contributed by atoms with Crippen LogP contribution in [0.3, 0.4) is 0 Å². The normalized spacial score (nSPS) is 38.7. The smallest absolute Gasteiger partial charge is 0.262 e. The molecule has 0 radical (unpaired) electrons. The van der Waals surface area contributed by atoms with E-state index < -0.39 is 11.8 Å². The number of fused-ring (bicyclic) bond motifs is 4. The molecular weight excluding hydrogens is 304 g/mol. The maximum absolute atomic E-state index is 11.7. The van der Waals surface area contributed by atoms with E-state index in [4.69, 9.17) is 0 Å². The lowest BCUT2D eigenvalue weighted by molar-refractivity contribution is -0.139. The molecule has 2 N–H and O–H groups in total. The van der Waals surface area contributed by atoms with E-state index in [9.17, 15) is 9.59 Å². The average Bonchev–Trinajstić information content (AvgIpc) is 3.35. The molecule has 6 atom stereocenters. The standard InChI is InChI=1S/C18H22N4O2/c23-17(21-19-9-15-7-11-1-3-13(15)5-11)18(24)22-20-10-16-8-12-2-4-14(16)6-12/h1-4,9-16H,5-8H2,(H,21,23)(H,22,24)/b19-9-,20-10-/t11-,12-,13-,14+,15-,16-/m1/s1. The fourth-order valence-electron chi connectivity index (χ4n) is 4.47. The van der Waals surface area contributed by atoms with Crippen molar-refractivity contribution in [3.63, 3.8) is 0 Å². The number of allylic oxidation sites excluding steroid dienone is 4. The first-order chi connectivity index (χ1) is 11.7. The Labute approximate surface area is 141 Å². The molecule has 2 fully saturated rings. The van der Waals surface area contributed by atoms with Gasteiger partial charge < -0.3 is 0 Å². The van der Waals surface area contributed by atoms with Crippen molar-refractivity contribution in [2.75, 3.05) is 0 Å². The van der Waals surface area contributed by atoms with Crippen LogP contribution in [0.4, 0.5) is 0 Å². The van der Waals surface area contributed by atoms with Gasteiger partial charge in [0.05, 0.1) is 0 Å². The van der Waals surface area contributed by atoms with E-state index >= 15 is 0 Å². The van der Waals surface area contributed by atoms with Crippen molar-refractivity contribution in [2.24, 2.45) is 45.7 Å². The first-order valence-electron chi connectivity index (χ1n) is 8.72. The minimum Gasteiger partial charge on any atom is -0.262 e. The number of rotatable bonds is 4. The predicted octanol–water partition coefficient (Wildman–Crippen LogP) is 1.61. The largest absolute Gasteiger partial charge is 0.331 e. The van der Waals surface area contributed by atoms with Crippen LogP contribution in [0.5, 0.6) is 0 Å². The molecule has 0 aromatic rings. The van der Waals surface area contributed by atoms with E-state index in [1.165, 1.54) is 12.8 Å². The second-order valence-corrected chi connectivity index (χ2v) is 7.33. The van der Waals surface area contributed by atoms with Crippen molar-refractivity contribution in [3.05, 3.63) is 24.3 Å². The van der Waals surface area contributed by atoms with Gasteiger partial charge in [0.1, 0.15) is 0 Å². The quantitative estimate of drug-likeness (QED) is 0.356. The van der Waals surface area contributed by atoms with E-state index in [-0.39, 0.29) is 0 Å². The first-order valence-corrected chi connectivity index (χ1v) is 8.72. The van der Waals surface area contributed by atoms with Gasteiger partial charge in [-0.2, -0.15) is 10.2 Å². The molecule has 0 spiro atoms. The van der Waals surface area contributed by atoms with Crippen molar-refractivity contribution < 1.29 is 9.59 Å². The minimum atomic E-state index is -0.782. The number of carbonyl (C=O) groups is 2. The number of hydrazone groups is 2. The second kappa shape index (κ2) is 6.34. The van der Waals surface area contributed by atoms with Crippen molar-refractivity contribution in [3.8, 4) is 0 Å². The minimum absolute atomic E-state index is 0.368. The van der Waals surface area contributed by atoms with Gasteiger partial charge in [-0.25, -0.2) is 10.9 Å². The molecule has 6 heteroatoms. The summed E-state index contributed by atoms with van der Waals surface area (Å²) in [5.41, 5.74) is 4.57. The van der Waals surface area contributed by atoms with E-state index in [2.05, 4.69) is 45.4 Å². The highest BCUT2D eigenvalue weighted by atomic mass is 16.2. The summed E-state index contributed by atoms with van der Waals surface area (Å²) in [4.78, 5) is 23.4. The van der Waals surface area contributed by atoms with Gasteiger partial charge in [0, 0.05) is 24.3 Å². The molecule has 4 aliphatic carbocycles. The Kier molecular flexibility index (Phi) is 4.04. The van der Waals surface area contributed by atoms with Crippen LogP contribution in [-0.4, -0.2) is 24.2 Å². The van der Waals surface area contributed by atoms with Gasteiger partial charge in [-0.15, -0.1) is 0 Å². The molecule has 2 amide bonds. The van der Waals surface area contributed by atoms with Crippen LogP contribution < -0.4 is 10.9 Å². The summed E-state index contributed by atoms with van der Waals surface area (Å²) in [6, 6.07) is 0. The fourth-order valence-corrected chi connectivity index (χ4v) is 4.47. The highest BCUT2D eigenvalue weighted by molar-refractivity contribution is 6.35. The topological polar surface area (TPSA) is 82.9 Å². The third kappa shape index (κ3) is 3.05.